The van der Waals surface area contributed by atoms with E-state index in [1.807, 2.05) is 25.1 Å². The number of aromatic nitrogens is 5. The number of hydrogen-bond donors (Lipinski definition) is 1. The number of hydrogen-bond acceptors (Lipinski definition) is 6. The van der Waals surface area contributed by atoms with E-state index in [0.717, 1.165) is 11.1 Å². The van der Waals surface area contributed by atoms with Crippen molar-refractivity contribution in [2.75, 3.05) is 7.11 Å². The Labute approximate surface area is 108 Å². The van der Waals surface area contributed by atoms with Crippen molar-refractivity contribution in [3.63, 3.8) is 0 Å². The van der Waals surface area contributed by atoms with Gasteiger partial charge in [0.15, 0.2) is 5.82 Å². The van der Waals surface area contributed by atoms with Crippen molar-refractivity contribution >= 4 is 0 Å². The van der Waals surface area contributed by atoms with Gasteiger partial charge in [-0.05, 0) is 19.1 Å². The molecule has 0 aliphatic heterocycles. The number of benzene rings is 1. The lowest BCUT2D eigenvalue weighted by molar-refractivity contribution is 0.405. The van der Waals surface area contributed by atoms with Crippen LogP contribution >= 0.6 is 0 Å². The molecule has 96 valence electrons. The Morgan fingerprint density at radius 1 is 1.32 bits per heavy atom. The molecule has 0 bridgehead atoms. The van der Waals surface area contributed by atoms with E-state index in [1.165, 1.54) is 6.33 Å². The largest absolute Gasteiger partial charge is 0.496 e. The number of rotatable bonds is 3. The van der Waals surface area contributed by atoms with E-state index < -0.39 is 0 Å². The molecular formula is C12H11N5O2. The van der Waals surface area contributed by atoms with Crippen LogP contribution in [-0.4, -0.2) is 32.4 Å². The first-order valence-corrected chi connectivity index (χ1v) is 5.62. The lowest BCUT2D eigenvalue weighted by Crippen LogP contribution is -1.89. The molecule has 0 saturated carbocycles. The van der Waals surface area contributed by atoms with E-state index in [2.05, 4.69) is 25.3 Å². The first kappa shape index (κ1) is 11.4. The fraction of sp³-hybridized carbons (Fsp3) is 0.167. The van der Waals surface area contributed by atoms with Crippen molar-refractivity contribution in [1.82, 2.24) is 25.3 Å². The summed E-state index contributed by atoms with van der Waals surface area (Å²) in [6, 6.07) is 5.75. The van der Waals surface area contributed by atoms with Crippen LogP contribution in [0.5, 0.6) is 5.75 Å². The SMILES string of the molecule is COc1ccc(C)cc1-c1nc(-c2ncn[nH]2)no1. The van der Waals surface area contributed by atoms with Gasteiger partial charge < -0.3 is 9.26 Å². The van der Waals surface area contributed by atoms with E-state index in [0.29, 0.717) is 23.3 Å². The van der Waals surface area contributed by atoms with E-state index in [1.54, 1.807) is 7.11 Å². The summed E-state index contributed by atoms with van der Waals surface area (Å²) in [5.41, 5.74) is 1.83. The summed E-state index contributed by atoms with van der Waals surface area (Å²) in [5.74, 6) is 1.88. The molecule has 7 nitrogen and oxygen atoms in total. The average Bonchev–Trinajstić information content (AvgIpc) is 3.09. The van der Waals surface area contributed by atoms with Crippen molar-refractivity contribution < 1.29 is 9.26 Å². The van der Waals surface area contributed by atoms with Crippen LogP contribution in [0.4, 0.5) is 0 Å². The number of nitrogens with zero attached hydrogens (tertiary/aromatic N) is 4. The van der Waals surface area contributed by atoms with Gasteiger partial charge in [0, 0.05) is 0 Å². The third-order valence-corrected chi connectivity index (χ3v) is 2.64. The summed E-state index contributed by atoms with van der Waals surface area (Å²) in [7, 11) is 1.60. The molecule has 2 heterocycles. The van der Waals surface area contributed by atoms with Gasteiger partial charge >= 0.3 is 0 Å². The van der Waals surface area contributed by atoms with Crippen molar-refractivity contribution in [2.45, 2.75) is 6.92 Å². The van der Waals surface area contributed by atoms with E-state index in [9.17, 15) is 0 Å². The second-order valence-electron chi connectivity index (χ2n) is 3.96. The molecule has 1 N–H and O–H groups in total. The monoisotopic (exact) mass is 257 g/mol. The van der Waals surface area contributed by atoms with Crippen LogP contribution in [0.1, 0.15) is 5.56 Å². The second-order valence-corrected chi connectivity index (χ2v) is 3.96. The maximum atomic E-state index is 5.29. The molecule has 1 aromatic carbocycles. The van der Waals surface area contributed by atoms with Crippen LogP contribution < -0.4 is 4.74 Å². The molecule has 0 fully saturated rings. The highest BCUT2D eigenvalue weighted by Gasteiger charge is 2.16. The normalized spacial score (nSPS) is 10.6. The minimum Gasteiger partial charge on any atom is -0.496 e. The Kier molecular flexibility index (Phi) is 2.71. The summed E-state index contributed by atoms with van der Waals surface area (Å²) >= 11 is 0. The summed E-state index contributed by atoms with van der Waals surface area (Å²) in [4.78, 5) is 8.25. The molecule has 3 rings (SSSR count). The Hall–Kier alpha value is -2.70. The molecule has 0 aliphatic carbocycles. The van der Waals surface area contributed by atoms with Crippen LogP contribution in [0.2, 0.25) is 0 Å². The molecule has 7 heteroatoms. The smallest absolute Gasteiger partial charge is 0.262 e. The average molecular weight is 257 g/mol. The Morgan fingerprint density at radius 3 is 2.95 bits per heavy atom. The van der Waals surface area contributed by atoms with Crippen molar-refractivity contribution in [3.05, 3.63) is 30.1 Å². The molecule has 0 unspecified atom stereocenters. The van der Waals surface area contributed by atoms with Crippen LogP contribution in [0, 0.1) is 6.92 Å². The lowest BCUT2D eigenvalue weighted by atomic mass is 10.1. The minimum absolute atomic E-state index is 0.357. The van der Waals surface area contributed by atoms with Gasteiger partial charge in [-0.2, -0.15) is 10.1 Å². The van der Waals surface area contributed by atoms with Crippen LogP contribution in [0.15, 0.2) is 29.0 Å². The molecule has 0 amide bonds. The Balaban J connectivity index is 2.06. The Bertz CT molecular complexity index is 690. The quantitative estimate of drug-likeness (QED) is 0.770. The maximum absolute atomic E-state index is 5.29. The number of ether oxygens (including phenoxy) is 1. The molecule has 2 aromatic heterocycles. The first-order valence-electron chi connectivity index (χ1n) is 5.62. The fourth-order valence-electron chi connectivity index (χ4n) is 1.73. The highest BCUT2D eigenvalue weighted by atomic mass is 16.5. The zero-order chi connectivity index (χ0) is 13.2. The fourth-order valence-corrected chi connectivity index (χ4v) is 1.73. The van der Waals surface area contributed by atoms with Gasteiger partial charge in [0.1, 0.15) is 12.1 Å². The number of aromatic amines is 1. The zero-order valence-electron chi connectivity index (χ0n) is 10.4. The molecule has 0 saturated heterocycles. The molecule has 3 aromatic rings. The Morgan fingerprint density at radius 2 is 2.21 bits per heavy atom. The van der Waals surface area contributed by atoms with Crippen molar-refractivity contribution in [3.8, 4) is 28.9 Å². The van der Waals surface area contributed by atoms with Crippen molar-refractivity contribution in [2.24, 2.45) is 0 Å². The van der Waals surface area contributed by atoms with E-state index in [-0.39, 0.29) is 0 Å². The molecule has 0 radical (unpaired) electrons. The molecule has 0 aliphatic rings. The first-order chi connectivity index (χ1) is 9.28. The van der Waals surface area contributed by atoms with Gasteiger partial charge in [0.05, 0.1) is 12.7 Å². The van der Waals surface area contributed by atoms with Gasteiger partial charge in [0.2, 0.25) is 5.82 Å². The second kappa shape index (κ2) is 4.52. The summed E-state index contributed by atoms with van der Waals surface area (Å²) in [6.45, 7) is 1.98. The number of nitrogens with one attached hydrogen (secondary N) is 1. The van der Waals surface area contributed by atoms with Gasteiger partial charge in [-0.25, -0.2) is 4.98 Å². The summed E-state index contributed by atoms with van der Waals surface area (Å²) in [6.07, 6.45) is 1.39. The zero-order valence-corrected chi connectivity index (χ0v) is 10.4. The van der Waals surface area contributed by atoms with Gasteiger partial charge in [0.25, 0.3) is 5.89 Å². The highest BCUT2D eigenvalue weighted by molar-refractivity contribution is 5.64. The molecule has 0 atom stereocenters. The predicted molar refractivity (Wildman–Crippen MR) is 66.4 cm³/mol. The van der Waals surface area contributed by atoms with Crippen LogP contribution in [0.25, 0.3) is 23.1 Å². The minimum atomic E-state index is 0.357. The topological polar surface area (TPSA) is 89.7 Å². The van der Waals surface area contributed by atoms with Gasteiger partial charge in [-0.15, -0.1) is 0 Å². The summed E-state index contributed by atoms with van der Waals surface area (Å²) < 4.78 is 10.5. The van der Waals surface area contributed by atoms with Crippen LogP contribution in [0.3, 0.4) is 0 Å². The van der Waals surface area contributed by atoms with Gasteiger partial charge in [-0.3, -0.25) is 5.10 Å². The van der Waals surface area contributed by atoms with Crippen LogP contribution in [-0.2, 0) is 0 Å². The standard InChI is InChI=1S/C12H11N5O2/c1-7-3-4-9(18-2)8(5-7)12-15-11(17-19-12)10-13-6-14-16-10/h3-6H,1-2H3,(H,13,14,16). The van der Waals surface area contributed by atoms with E-state index in [4.69, 9.17) is 9.26 Å². The lowest BCUT2D eigenvalue weighted by Gasteiger charge is -2.05. The molecular weight excluding hydrogens is 246 g/mol. The van der Waals surface area contributed by atoms with Gasteiger partial charge in [-0.1, -0.05) is 16.8 Å². The third-order valence-electron chi connectivity index (χ3n) is 2.64. The molecule has 0 spiro atoms. The third kappa shape index (κ3) is 2.05. The number of methoxy groups -OCH3 is 1. The molecule has 19 heavy (non-hydrogen) atoms. The number of H-pyrrole nitrogens is 1. The van der Waals surface area contributed by atoms with E-state index >= 15 is 0 Å². The maximum Gasteiger partial charge on any atom is 0.262 e. The summed E-state index contributed by atoms with van der Waals surface area (Å²) in [5, 5.41) is 10.3. The van der Waals surface area contributed by atoms with Crippen molar-refractivity contribution in [1.29, 1.82) is 0 Å². The predicted octanol–water partition coefficient (Wildman–Crippen LogP) is 1.84. The number of aryl methyl sites for hydroxylation is 1. The highest BCUT2D eigenvalue weighted by Crippen LogP contribution is 2.30.